The van der Waals surface area contributed by atoms with Crippen LogP contribution in [0.5, 0.6) is 0 Å². The van der Waals surface area contributed by atoms with Crippen LogP contribution in [0.1, 0.15) is 44.1 Å². The Bertz CT molecular complexity index is 874. The van der Waals surface area contributed by atoms with Gasteiger partial charge in [0.15, 0.2) is 15.7 Å². The number of nitrogens with two attached hydrogens (primary N) is 1. The summed E-state index contributed by atoms with van der Waals surface area (Å²) >= 11 is 0. The maximum absolute atomic E-state index is 12.5. The Morgan fingerprint density at radius 1 is 1.36 bits per heavy atom. The molecule has 28 heavy (non-hydrogen) atoms. The molecule has 0 bridgehead atoms. The predicted molar refractivity (Wildman–Crippen MR) is 108 cm³/mol. The summed E-state index contributed by atoms with van der Waals surface area (Å²) in [6, 6.07) is 1.11. The molecule has 1 heterocycles. The van der Waals surface area contributed by atoms with Crippen molar-refractivity contribution in [3.8, 4) is 0 Å². The summed E-state index contributed by atoms with van der Waals surface area (Å²) in [7, 11) is -3.37. The summed E-state index contributed by atoms with van der Waals surface area (Å²) in [6.07, 6.45) is 8.67. The van der Waals surface area contributed by atoms with Crippen molar-refractivity contribution in [3.63, 3.8) is 0 Å². The zero-order valence-corrected chi connectivity index (χ0v) is 16.9. The number of aliphatic hydroxyl groups is 1. The number of carbonyl (C=O) groups is 1. The fourth-order valence-corrected chi connectivity index (χ4v) is 4.76. The Balaban J connectivity index is 2.24. The average Bonchev–Trinajstić information content (AvgIpc) is 3.14. The lowest BCUT2D eigenvalue weighted by Gasteiger charge is -2.26. The van der Waals surface area contributed by atoms with Gasteiger partial charge in [0.2, 0.25) is 0 Å². The highest BCUT2D eigenvalue weighted by atomic mass is 32.2. The zero-order valence-electron chi connectivity index (χ0n) is 16.1. The van der Waals surface area contributed by atoms with Gasteiger partial charge in [-0.3, -0.25) is 0 Å². The smallest absolute Gasteiger partial charge is 0.318 e. The van der Waals surface area contributed by atoms with Gasteiger partial charge in [0.1, 0.15) is 10.6 Å². The standard InChI is InChI=1S/C18H27N5O4S/c1-13(6-5-9-20-17(25)21-10-11-24)16-22-14(12-15(19)23-16)18(28(2,26)27)7-3-4-8-18/h5-6,9,12,24H,3-4,7-8,10-11H2,1-2H3,(H2,19,22,23)(H2,20,21,25)/b9-5+,13-6+. The number of hydrogen-bond acceptors (Lipinski definition) is 7. The van der Waals surface area contributed by atoms with E-state index in [1.807, 2.05) is 0 Å². The number of nitrogens with one attached hydrogen (secondary N) is 2. The fourth-order valence-electron chi connectivity index (χ4n) is 3.25. The molecule has 0 radical (unpaired) electrons. The van der Waals surface area contributed by atoms with Gasteiger partial charge in [-0.2, -0.15) is 0 Å². The minimum absolute atomic E-state index is 0.139. The number of allylic oxidation sites excluding steroid dienone is 3. The van der Waals surface area contributed by atoms with Crippen LogP contribution >= 0.6 is 0 Å². The molecule has 1 saturated carbocycles. The molecule has 1 aliphatic rings. The van der Waals surface area contributed by atoms with Crippen LogP contribution in [0, 0.1) is 0 Å². The second-order valence-electron chi connectivity index (χ2n) is 6.81. The van der Waals surface area contributed by atoms with Crippen molar-refractivity contribution in [3.05, 3.63) is 35.9 Å². The van der Waals surface area contributed by atoms with Crippen molar-refractivity contribution < 1.29 is 18.3 Å². The molecule has 1 fully saturated rings. The summed E-state index contributed by atoms with van der Waals surface area (Å²) in [5.41, 5.74) is 7.04. The number of rotatable bonds is 7. The van der Waals surface area contributed by atoms with Gasteiger partial charge >= 0.3 is 6.03 Å². The Morgan fingerprint density at radius 3 is 2.64 bits per heavy atom. The van der Waals surface area contributed by atoms with Gasteiger partial charge in [-0.05, 0) is 31.4 Å². The largest absolute Gasteiger partial charge is 0.395 e. The number of aromatic nitrogens is 2. The van der Waals surface area contributed by atoms with Crippen molar-refractivity contribution in [2.24, 2.45) is 0 Å². The lowest BCUT2D eigenvalue weighted by Crippen LogP contribution is -2.33. The third-order valence-electron chi connectivity index (χ3n) is 4.74. The van der Waals surface area contributed by atoms with Gasteiger partial charge in [0, 0.05) is 25.1 Å². The molecule has 1 aromatic heterocycles. The van der Waals surface area contributed by atoms with Crippen molar-refractivity contribution in [1.82, 2.24) is 20.6 Å². The van der Waals surface area contributed by atoms with Crippen molar-refractivity contribution in [2.75, 3.05) is 25.1 Å². The van der Waals surface area contributed by atoms with Crippen LogP contribution in [-0.4, -0.2) is 48.9 Å². The third kappa shape index (κ3) is 5.08. The van der Waals surface area contributed by atoms with E-state index in [9.17, 15) is 13.2 Å². The first kappa shape index (κ1) is 21.8. The zero-order chi connectivity index (χ0) is 20.8. The van der Waals surface area contributed by atoms with E-state index in [4.69, 9.17) is 10.8 Å². The van der Waals surface area contributed by atoms with Gasteiger partial charge in [0.25, 0.3) is 0 Å². The lowest BCUT2D eigenvalue weighted by atomic mass is 10.0. The number of nitrogen functional groups attached to an aromatic ring is 1. The maximum Gasteiger partial charge on any atom is 0.318 e. The molecule has 9 nitrogen and oxygen atoms in total. The molecule has 1 aromatic rings. The molecule has 0 atom stereocenters. The molecule has 2 rings (SSSR count). The quantitative estimate of drug-likeness (QED) is 0.493. The number of urea groups is 1. The summed E-state index contributed by atoms with van der Waals surface area (Å²) < 4.78 is 24.0. The van der Waals surface area contributed by atoms with Gasteiger partial charge < -0.3 is 21.5 Å². The summed E-state index contributed by atoms with van der Waals surface area (Å²) in [5.74, 6) is 0.562. The molecule has 0 aromatic carbocycles. The van der Waals surface area contributed by atoms with Crippen molar-refractivity contribution in [1.29, 1.82) is 0 Å². The van der Waals surface area contributed by atoms with E-state index >= 15 is 0 Å². The Kier molecular flexibility index (Phi) is 7.14. The van der Waals surface area contributed by atoms with Crippen molar-refractivity contribution in [2.45, 2.75) is 37.4 Å². The number of aliphatic hydroxyl groups excluding tert-OH is 1. The molecule has 0 unspecified atom stereocenters. The van der Waals surface area contributed by atoms with E-state index in [2.05, 4.69) is 20.6 Å². The predicted octanol–water partition coefficient (Wildman–Crippen LogP) is 1.08. The van der Waals surface area contributed by atoms with E-state index in [-0.39, 0.29) is 19.0 Å². The maximum atomic E-state index is 12.5. The van der Waals surface area contributed by atoms with Crippen LogP contribution in [0.2, 0.25) is 0 Å². The van der Waals surface area contributed by atoms with E-state index in [1.165, 1.54) is 12.5 Å². The Labute approximate surface area is 165 Å². The second-order valence-corrected chi connectivity index (χ2v) is 9.13. The second kappa shape index (κ2) is 9.16. The molecular formula is C18H27N5O4S. The summed E-state index contributed by atoms with van der Waals surface area (Å²) in [6.45, 7) is 1.80. The first-order valence-corrected chi connectivity index (χ1v) is 10.9. The molecule has 10 heteroatoms. The SMILES string of the molecule is C/C(=C\C=C\NC(=O)NCCO)c1nc(N)cc(C2(S(C)(=O)=O)CCCC2)n1. The van der Waals surface area contributed by atoms with Crippen LogP contribution in [0.3, 0.4) is 0 Å². The van der Waals surface area contributed by atoms with Gasteiger partial charge in [-0.15, -0.1) is 0 Å². The van der Waals surface area contributed by atoms with E-state index in [1.54, 1.807) is 25.1 Å². The topological polar surface area (TPSA) is 147 Å². The molecule has 5 N–H and O–H groups in total. The third-order valence-corrected chi connectivity index (χ3v) is 6.78. The Hall–Kier alpha value is -2.46. The Morgan fingerprint density at radius 2 is 2.04 bits per heavy atom. The van der Waals surface area contributed by atoms with Crippen LogP contribution in [0.15, 0.2) is 24.4 Å². The van der Waals surface area contributed by atoms with E-state index < -0.39 is 20.6 Å². The van der Waals surface area contributed by atoms with Gasteiger partial charge in [-0.25, -0.2) is 23.2 Å². The number of hydrogen-bond donors (Lipinski definition) is 4. The van der Waals surface area contributed by atoms with Crippen LogP contribution in [0.4, 0.5) is 10.6 Å². The number of amides is 2. The van der Waals surface area contributed by atoms with Crippen LogP contribution < -0.4 is 16.4 Å². The highest BCUT2D eigenvalue weighted by Crippen LogP contribution is 2.44. The molecule has 0 spiro atoms. The minimum atomic E-state index is -3.37. The highest BCUT2D eigenvalue weighted by molar-refractivity contribution is 7.91. The summed E-state index contributed by atoms with van der Waals surface area (Å²) in [5, 5.41) is 13.6. The first-order valence-electron chi connectivity index (χ1n) is 9.03. The molecule has 154 valence electrons. The molecule has 0 aliphatic heterocycles. The number of carbonyl (C=O) groups excluding carboxylic acids is 1. The molecule has 2 amide bonds. The van der Waals surface area contributed by atoms with Crippen molar-refractivity contribution >= 4 is 27.3 Å². The fraction of sp³-hybridized carbons (Fsp3) is 0.500. The number of sulfone groups is 1. The molecular weight excluding hydrogens is 382 g/mol. The lowest BCUT2D eigenvalue weighted by molar-refractivity contribution is 0.237. The number of anilines is 1. The molecule has 0 saturated heterocycles. The summed E-state index contributed by atoms with van der Waals surface area (Å²) in [4.78, 5) is 20.1. The van der Waals surface area contributed by atoms with Crippen LogP contribution in [-0.2, 0) is 14.6 Å². The van der Waals surface area contributed by atoms with Gasteiger partial charge in [0.05, 0.1) is 12.3 Å². The highest BCUT2D eigenvalue weighted by Gasteiger charge is 2.46. The molecule has 1 aliphatic carbocycles. The minimum Gasteiger partial charge on any atom is -0.395 e. The van der Waals surface area contributed by atoms with E-state index in [0.717, 1.165) is 12.8 Å². The van der Waals surface area contributed by atoms with Crippen LogP contribution in [0.25, 0.3) is 5.57 Å². The number of nitrogens with zero attached hydrogens (tertiary/aromatic N) is 2. The monoisotopic (exact) mass is 409 g/mol. The van der Waals surface area contributed by atoms with E-state index in [0.29, 0.717) is 29.9 Å². The first-order chi connectivity index (χ1) is 13.2. The normalized spacial score (nSPS) is 17.0. The average molecular weight is 410 g/mol. The van der Waals surface area contributed by atoms with Gasteiger partial charge in [-0.1, -0.05) is 18.9 Å².